The second-order valence-corrected chi connectivity index (χ2v) is 6.02. The van der Waals surface area contributed by atoms with Gasteiger partial charge < -0.3 is 15.0 Å². The first-order valence-electron chi connectivity index (χ1n) is 5.99. The molecule has 1 aliphatic rings. The largest absolute Gasteiger partial charge is 0.465 e. The standard InChI is InChI=1S/C12H14N2O4S2/c1-18-11(16)10-8(3-6-19-10)13-9(15)2-4-14-5-7-20-12(14)17/h3,6H,2,4-5,7H2,1H3,(H,13,15). The Morgan fingerprint density at radius 2 is 2.30 bits per heavy atom. The highest BCUT2D eigenvalue weighted by Crippen LogP contribution is 2.23. The van der Waals surface area contributed by atoms with E-state index in [1.165, 1.54) is 30.2 Å². The number of thioether (sulfide) groups is 1. The number of carbonyl (C=O) groups is 3. The smallest absolute Gasteiger partial charge is 0.350 e. The summed E-state index contributed by atoms with van der Waals surface area (Å²) in [5.41, 5.74) is 0.453. The second kappa shape index (κ2) is 6.76. The van der Waals surface area contributed by atoms with Gasteiger partial charge >= 0.3 is 5.97 Å². The van der Waals surface area contributed by atoms with Gasteiger partial charge in [0.1, 0.15) is 4.88 Å². The van der Waals surface area contributed by atoms with E-state index in [-0.39, 0.29) is 17.6 Å². The fourth-order valence-corrected chi connectivity index (χ4v) is 3.35. The lowest BCUT2D eigenvalue weighted by Crippen LogP contribution is -2.27. The molecule has 0 aromatic carbocycles. The van der Waals surface area contributed by atoms with Gasteiger partial charge in [0.25, 0.3) is 5.24 Å². The van der Waals surface area contributed by atoms with Gasteiger partial charge in [0.2, 0.25) is 5.91 Å². The van der Waals surface area contributed by atoms with E-state index in [0.29, 0.717) is 23.7 Å². The van der Waals surface area contributed by atoms with E-state index < -0.39 is 5.97 Å². The molecular weight excluding hydrogens is 300 g/mol. The fourth-order valence-electron chi connectivity index (χ4n) is 1.74. The third-order valence-electron chi connectivity index (χ3n) is 2.76. The summed E-state index contributed by atoms with van der Waals surface area (Å²) in [5, 5.41) is 4.40. The number of hydrogen-bond acceptors (Lipinski definition) is 6. The van der Waals surface area contributed by atoms with Crippen molar-refractivity contribution in [2.24, 2.45) is 0 Å². The first kappa shape index (κ1) is 14.9. The summed E-state index contributed by atoms with van der Waals surface area (Å²) in [4.78, 5) is 36.7. The number of hydrogen-bond donors (Lipinski definition) is 1. The van der Waals surface area contributed by atoms with Crippen molar-refractivity contribution >= 4 is 45.9 Å². The summed E-state index contributed by atoms with van der Waals surface area (Å²) in [6.07, 6.45) is 0.211. The molecule has 1 saturated heterocycles. The van der Waals surface area contributed by atoms with Crippen LogP contribution < -0.4 is 5.32 Å². The molecule has 0 aliphatic carbocycles. The number of amides is 2. The van der Waals surface area contributed by atoms with E-state index >= 15 is 0 Å². The van der Waals surface area contributed by atoms with E-state index in [9.17, 15) is 14.4 Å². The average molecular weight is 314 g/mol. The van der Waals surface area contributed by atoms with Crippen LogP contribution >= 0.6 is 23.1 Å². The molecule has 6 nitrogen and oxygen atoms in total. The molecule has 0 radical (unpaired) electrons. The maximum atomic E-state index is 11.8. The lowest BCUT2D eigenvalue weighted by Gasteiger charge is -2.13. The zero-order valence-electron chi connectivity index (χ0n) is 10.9. The van der Waals surface area contributed by atoms with Crippen molar-refractivity contribution in [2.45, 2.75) is 6.42 Å². The molecule has 0 bridgehead atoms. The molecule has 0 saturated carbocycles. The molecule has 20 heavy (non-hydrogen) atoms. The van der Waals surface area contributed by atoms with Crippen LogP contribution in [-0.2, 0) is 9.53 Å². The number of anilines is 1. The van der Waals surface area contributed by atoms with Gasteiger partial charge in [-0.05, 0) is 11.4 Å². The minimum Gasteiger partial charge on any atom is -0.465 e. The Morgan fingerprint density at radius 1 is 1.50 bits per heavy atom. The van der Waals surface area contributed by atoms with Gasteiger partial charge in [-0.3, -0.25) is 9.59 Å². The first-order chi connectivity index (χ1) is 9.61. The predicted octanol–water partition coefficient (Wildman–Crippen LogP) is 2.03. The number of rotatable bonds is 5. The van der Waals surface area contributed by atoms with E-state index in [4.69, 9.17) is 0 Å². The lowest BCUT2D eigenvalue weighted by atomic mass is 10.3. The topological polar surface area (TPSA) is 75.7 Å². The number of thiophene rings is 1. The van der Waals surface area contributed by atoms with Gasteiger partial charge in [0, 0.05) is 25.3 Å². The van der Waals surface area contributed by atoms with Crippen molar-refractivity contribution in [1.82, 2.24) is 4.90 Å². The Kier molecular flexibility index (Phi) is 5.02. The fraction of sp³-hybridized carbons (Fsp3) is 0.417. The van der Waals surface area contributed by atoms with Gasteiger partial charge in [-0.25, -0.2) is 4.79 Å². The van der Waals surface area contributed by atoms with Crippen LogP contribution in [0.2, 0.25) is 0 Å². The maximum Gasteiger partial charge on any atom is 0.350 e. The maximum absolute atomic E-state index is 11.8. The van der Waals surface area contributed by atoms with Crippen LogP contribution in [0.4, 0.5) is 10.5 Å². The highest BCUT2D eigenvalue weighted by molar-refractivity contribution is 8.13. The van der Waals surface area contributed by atoms with Crippen molar-refractivity contribution in [3.63, 3.8) is 0 Å². The minimum atomic E-state index is -0.471. The third-order valence-corrected chi connectivity index (χ3v) is 4.55. The molecule has 1 aliphatic heterocycles. The zero-order valence-corrected chi connectivity index (χ0v) is 12.5. The molecule has 0 atom stereocenters. The number of nitrogens with zero attached hydrogens (tertiary/aromatic N) is 1. The Morgan fingerprint density at radius 3 is 2.95 bits per heavy atom. The molecule has 1 fully saturated rings. The number of esters is 1. The highest BCUT2D eigenvalue weighted by Gasteiger charge is 2.22. The Balaban J connectivity index is 1.87. The average Bonchev–Trinajstić information content (AvgIpc) is 3.05. The van der Waals surface area contributed by atoms with Gasteiger partial charge in [-0.2, -0.15) is 0 Å². The molecule has 2 rings (SSSR count). The molecule has 2 amide bonds. The van der Waals surface area contributed by atoms with E-state index in [2.05, 4.69) is 10.1 Å². The number of ether oxygens (including phenoxy) is 1. The Bertz CT molecular complexity index is 529. The molecule has 0 spiro atoms. The van der Waals surface area contributed by atoms with E-state index in [0.717, 1.165) is 5.75 Å². The molecule has 0 unspecified atom stereocenters. The molecule has 1 aromatic rings. The summed E-state index contributed by atoms with van der Waals surface area (Å²) < 4.78 is 4.64. The molecule has 1 N–H and O–H groups in total. The molecule has 108 valence electrons. The summed E-state index contributed by atoms with van der Waals surface area (Å²) in [6.45, 7) is 1.08. The highest BCUT2D eigenvalue weighted by atomic mass is 32.2. The van der Waals surface area contributed by atoms with E-state index in [1.54, 1.807) is 16.3 Å². The number of carbonyl (C=O) groups excluding carboxylic acids is 3. The summed E-state index contributed by atoms with van der Waals surface area (Å²) in [5.74, 6) is 0.0805. The number of nitrogens with one attached hydrogen (secondary N) is 1. The summed E-state index contributed by atoms with van der Waals surface area (Å²) >= 11 is 2.48. The van der Waals surface area contributed by atoms with Crippen molar-refractivity contribution in [3.8, 4) is 0 Å². The van der Waals surface area contributed by atoms with Crippen molar-refractivity contribution < 1.29 is 19.1 Å². The van der Waals surface area contributed by atoms with Crippen LogP contribution in [0.1, 0.15) is 16.1 Å². The van der Waals surface area contributed by atoms with Crippen molar-refractivity contribution in [2.75, 3.05) is 31.3 Å². The van der Waals surface area contributed by atoms with E-state index in [1.807, 2.05) is 0 Å². The van der Waals surface area contributed by atoms with Crippen LogP contribution in [0.15, 0.2) is 11.4 Å². The van der Waals surface area contributed by atoms with Crippen molar-refractivity contribution in [1.29, 1.82) is 0 Å². The third kappa shape index (κ3) is 3.51. The van der Waals surface area contributed by atoms with Crippen LogP contribution in [0, 0.1) is 0 Å². The molecule has 1 aromatic heterocycles. The van der Waals surface area contributed by atoms with Gasteiger partial charge in [-0.1, -0.05) is 11.8 Å². The van der Waals surface area contributed by atoms with Crippen LogP contribution in [0.3, 0.4) is 0 Å². The van der Waals surface area contributed by atoms with Crippen LogP contribution in [0.25, 0.3) is 0 Å². The minimum absolute atomic E-state index is 0.0172. The first-order valence-corrected chi connectivity index (χ1v) is 7.85. The van der Waals surface area contributed by atoms with Crippen LogP contribution in [-0.4, -0.2) is 48.0 Å². The molecule has 2 heterocycles. The summed E-state index contributed by atoms with van der Waals surface area (Å²) in [7, 11) is 1.30. The Labute approximate surface area is 124 Å². The zero-order chi connectivity index (χ0) is 14.5. The lowest BCUT2D eigenvalue weighted by molar-refractivity contribution is -0.116. The van der Waals surface area contributed by atoms with Gasteiger partial charge in [0.05, 0.1) is 12.8 Å². The van der Waals surface area contributed by atoms with Gasteiger partial charge in [-0.15, -0.1) is 11.3 Å². The summed E-state index contributed by atoms with van der Waals surface area (Å²) in [6, 6.07) is 1.66. The Hall–Kier alpha value is -1.54. The van der Waals surface area contributed by atoms with Gasteiger partial charge in [0.15, 0.2) is 0 Å². The number of methoxy groups -OCH3 is 1. The SMILES string of the molecule is COC(=O)c1sccc1NC(=O)CCN1CCSC1=O. The monoisotopic (exact) mass is 314 g/mol. The quantitative estimate of drug-likeness (QED) is 0.842. The molecular formula is C12H14N2O4S2. The van der Waals surface area contributed by atoms with Crippen LogP contribution in [0.5, 0.6) is 0 Å². The molecule has 8 heteroatoms. The second-order valence-electron chi connectivity index (χ2n) is 4.05. The van der Waals surface area contributed by atoms with Crippen molar-refractivity contribution in [3.05, 3.63) is 16.3 Å². The predicted molar refractivity (Wildman–Crippen MR) is 78.3 cm³/mol. The normalized spacial score (nSPS) is 14.4.